The maximum absolute atomic E-state index is 12.8. The number of rotatable bonds is 5. The van der Waals surface area contributed by atoms with Gasteiger partial charge in [0, 0.05) is 11.3 Å². The summed E-state index contributed by atoms with van der Waals surface area (Å²) in [5.41, 5.74) is 6.01. The Bertz CT molecular complexity index is 669. The lowest BCUT2D eigenvalue weighted by Crippen LogP contribution is -2.30. The van der Waals surface area contributed by atoms with Crippen LogP contribution in [0.15, 0.2) is 48.5 Å². The number of carbonyl (C=O) groups is 2. The summed E-state index contributed by atoms with van der Waals surface area (Å²) in [7, 11) is 0. The molecule has 3 N–H and O–H groups in total. The second-order valence-electron chi connectivity index (χ2n) is 4.64. The predicted molar refractivity (Wildman–Crippen MR) is 80.1 cm³/mol. The van der Waals surface area contributed by atoms with Gasteiger partial charge in [-0.3, -0.25) is 9.59 Å². The second-order valence-corrected chi connectivity index (χ2v) is 4.64. The van der Waals surface area contributed by atoms with Gasteiger partial charge < -0.3 is 15.8 Å². The molecule has 5 nitrogen and oxygen atoms in total. The normalized spacial score (nSPS) is 11.5. The quantitative estimate of drug-likeness (QED) is 0.889. The summed E-state index contributed by atoms with van der Waals surface area (Å²) >= 11 is 0. The maximum Gasteiger partial charge on any atom is 0.265 e. The molecule has 0 aliphatic heterocycles. The van der Waals surface area contributed by atoms with E-state index in [-0.39, 0.29) is 11.7 Å². The molecule has 114 valence electrons. The van der Waals surface area contributed by atoms with E-state index in [1.54, 1.807) is 19.1 Å². The Morgan fingerprint density at radius 2 is 1.68 bits per heavy atom. The van der Waals surface area contributed by atoms with Gasteiger partial charge in [-0.25, -0.2) is 4.39 Å². The highest BCUT2D eigenvalue weighted by Gasteiger charge is 2.15. The molecule has 0 spiro atoms. The Morgan fingerprint density at radius 1 is 1.09 bits per heavy atom. The van der Waals surface area contributed by atoms with Crippen molar-refractivity contribution >= 4 is 17.5 Å². The number of anilines is 1. The number of nitrogens with one attached hydrogen (secondary N) is 1. The van der Waals surface area contributed by atoms with Crippen molar-refractivity contribution in [2.75, 3.05) is 5.32 Å². The van der Waals surface area contributed by atoms with Crippen LogP contribution in [0.25, 0.3) is 0 Å². The van der Waals surface area contributed by atoms with Gasteiger partial charge in [0.25, 0.3) is 5.91 Å². The van der Waals surface area contributed by atoms with Crippen LogP contribution in [-0.2, 0) is 4.79 Å². The van der Waals surface area contributed by atoms with E-state index in [9.17, 15) is 14.0 Å². The SMILES string of the molecule is CC(Oc1ccc(F)cc1)C(=O)Nc1ccc(C(N)=O)cc1. The summed E-state index contributed by atoms with van der Waals surface area (Å²) in [5, 5.41) is 2.65. The van der Waals surface area contributed by atoms with E-state index in [1.165, 1.54) is 36.4 Å². The Hall–Kier alpha value is -2.89. The molecule has 0 bridgehead atoms. The molecule has 2 aromatic rings. The molecule has 2 amide bonds. The number of hydrogen-bond acceptors (Lipinski definition) is 3. The number of ether oxygens (including phenoxy) is 1. The number of carbonyl (C=O) groups excluding carboxylic acids is 2. The fourth-order valence-electron chi connectivity index (χ4n) is 1.73. The zero-order valence-electron chi connectivity index (χ0n) is 11.9. The Labute approximate surface area is 126 Å². The van der Waals surface area contributed by atoms with Crippen molar-refractivity contribution in [1.82, 2.24) is 0 Å². The average Bonchev–Trinajstić information content (AvgIpc) is 2.50. The van der Waals surface area contributed by atoms with Crippen molar-refractivity contribution < 1.29 is 18.7 Å². The first-order chi connectivity index (χ1) is 10.5. The van der Waals surface area contributed by atoms with Crippen molar-refractivity contribution in [1.29, 1.82) is 0 Å². The molecule has 0 saturated heterocycles. The minimum absolute atomic E-state index is 0.355. The summed E-state index contributed by atoms with van der Waals surface area (Å²) in [6.07, 6.45) is -0.763. The summed E-state index contributed by atoms with van der Waals surface area (Å²) in [6.45, 7) is 1.58. The molecule has 0 fully saturated rings. The van der Waals surface area contributed by atoms with Gasteiger partial charge in [0.15, 0.2) is 6.10 Å². The fourth-order valence-corrected chi connectivity index (χ4v) is 1.73. The molecule has 0 radical (unpaired) electrons. The van der Waals surface area contributed by atoms with E-state index in [2.05, 4.69) is 5.32 Å². The molecule has 6 heteroatoms. The third-order valence-corrected chi connectivity index (χ3v) is 2.93. The number of halogens is 1. The van der Waals surface area contributed by atoms with Crippen molar-refractivity contribution in [3.05, 3.63) is 59.9 Å². The Kier molecular flexibility index (Phi) is 4.73. The second kappa shape index (κ2) is 6.71. The van der Waals surface area contributed by atoms with E-state index < -0.39 is 12.0 Å². The minimum Gasteiger partial charge on any atom is -0.481 e. The highest BCUT2D eigenvalue weighted by atomic mass is 19.1. The highest BCUT2D eigenvalue weighted by Crippen LogP contribution is 2.14. The molecule has 0 aromatic heterocycles. The van der Waals surface area contributed by atoms with Crippen molar-refractivity contribution in [2.24, 2.45) is 5.73 Å². The van der Waals surface area contributed by atoms with Crippen LogP contribution >= 0.6 is 0 Å². The van der Waals surface area contributed by atoms with Gasteiger partial charge in [0.1, 0.15) is 11.6 Å². The zero-order chi connectivity index (χ0) is 16.1. The molecule has 0 aliphatic rings. The van der Waals surface area contributed by atoms with Crippen LogP contribution in [0.4, 0.5) is 10.1 Å². The third-order valence-electron chi connectivity index (χ3n) is 2.93. The van der Waals surface area contributed by atoms with E-state index in [4.69, 9.17) is 10.5 Å². The largest absolute Gasteiger partial charge is 0.481 e. The summed E-state index contributed by atoms with van der Waals surface area (Å²) in [5.74, 6) is -0.880. The standard InChI is InChI=1S/C16H15FN2O3/c1-10(22-14-8-4-12(17)5-9-14)16(21)19-13-6-2-11(3-7-13)15(18)20/h2-10H,1H3,(H2,18,20)(H,19,21). The van der Waals surface area contributed by atoms with Gasteiger partial charge in [0.05, 0.1) is 0 Å². The zero-order valence-corrected chi connectivity index (χ0v) is 11.9. The van der Waals surface area contributed by atoms with Crippen LogP contribution in [0.2, 0.25) is 0 Å². The molecule has 0 heterocycles. The lowest BCUT2D eigenvalue weighted by atomic mass is 10.2. The lowest BCUT2D eigenvalue weighted by Gasteiger charge is -2.14. The first-order valence-corrected chi connectivity index (χ1v) is 6.58. The number of benzene rings is 2. The average molecular weight is 302 g/mol. The van der Waals surface area contributed by atoms with Crippen molar-refractivity contribution in [3.63, 3.8) is 0 Å². The van der Waals surface area contributed by atoms with Gasteiger partial charge in [-0.1, -0.05) is 0 Å². The van der Waals surface area contributed by atoms with Gasteiger partial charge in [-0.2, -0.15) is 0 Å². The number of hydrogen-bond donors (Lipinski definition) is 2. The van der Waals surface area contributed by atoms with E-state index in [1.807, 2.05) is 0 Å². The van der Waals surface area contributed by atoms with Crippen molar-refractivity contribution in [2.45, 2.75) is 13.0 Å². The van der Waals surface area contributed by atoms with Gasteiger partial charge >= 0.3 is 0 Å². The summed E-state index contributed by atoms with van der Waals surface area (Å²) in [4.78, 5) is 23.0. The van der Waals surface area contributed by atoms with Crippen LogP contribution < -0.4 is 15.8 Å². The molecule has 0 aliphatic carbocycles. The minimum atomic E-state index is -0.763. The first kappa shape index (κ1) is 15.5. The molecule has 22 heavy (non-hydrogen) atoms. The van der Waals surface area contributed by atoms with Crippen molar-refractivity contribution in [3.8, 4) is 5.75 Å². The van der Waals surface area contributed by atoms with Gasteiger partial charge in [0.2, 0.25) is 5.91 Å². The predicted octanol–water partition coefficient (Wildman–Crippen LogP) is 2.33. The topological polar surface area (TPSA) is 81.4 Å². The number of amides is 2. The molecule has 2 rings (SSSR count). The molecular weight excluding hydrogens is 287 g/mol. The summed E-state index contributed by atoms with van der Waals surface area (Å²) < 4.78 is 18.2. The van der Waals surface area contributed by atoms with Crippen LogP contribution in [0.3, 0.4) is 0 Å². The smallest absolute Gasteiger partial charge is 0.265 e. The molecule has 1 unspecified atom stereocenters. The first-order valence-electron chi connectivity index (χ1n) is 6.58. The van der Waals surface area contributed by atoms with Crippen LogP contribution in [0.1, 0.15) is 17.3 Å². The summed E-state index contributed by atoms with van der Waals surface area (Å²) in [6, 6.07) is 11.6. The monoisotopic (exact) mass is 302 g/mol. The molecule has 2 aromatic carbocycles. The van der Waals surface area contributed by atoms with E-state index >= 15 is 0 Å². The van der Waals surface area contributed by atoms with Gasteiger partial charge in [-0.05, 0) is 55.5 Å². The number of primary amides is 1. The van der Waals surface area contributed by atoms with Gasteiger partial charge in [-0.15, -0.1) is 0 Å². The highest BCUT2D eigenvalue weighted by molar-refractivity contribution is 5.96. The van der Waals surface area contributed by atoms with Crippen LogP contribution in [-0.4, -0.2) is 17.9 Å². The fraction of sp³-hybridized carbons (Fsp3) is 0.125. The maximum atomic E-state index is 12.8. The Balaban J connectivity index is 1.95. The van der Waals surface area contributed by atoms with Crippen LogP contribution in [0, 0.1) is 5.82 Å². The molecule has 1 atom stereocenters. The van der Waals surface area contributed by atoms with Crippen LogP contribution in [0.5, 0.6) is 5.75 Å². The molecule has 0 saturated carbocycles. The molecular formula is C16H15FN2O3. The van der Waals surface area contributed by atoms with E-state index in [0.29, 0.717) is 17.0 Å². The van der Waals surface area contributed by atoms with E-state index in [0.717, 1.165) is 0 Å². The lowest BCUT2D eigenvalue weighted by molar-refractivity contribution is -0.122. The Morgan fingerprint density at radius 3 is 2.23 bits per heavy atom. The third kappa shape index (κ3) is 4.05. The number of nitrogens with two attached hydrogens (primary N) is 1.